The Morgan fingerprint density at radius 3 is 1.24 bits per heavy atom. The zero-order valence-corrected chi connectivity index (χ0v) is 14.8. The van der Waals surface area contributed by atoms with Crippen molar-refractivity contribution in [3.05, 3.63) is 0 Å². The predicted molar refractivity (Wildman–Crippen MR) is 71.9 cm³/mol. The number of rotatable bonds is 9. The fourth-order valence-electron chi connectivity index (χ4n) is 1.03. The Balaban J connectivity index is -0.000000716. The molecule has 0 radical (unpaired) electrons. The van der Waals surface area contributed by atoms with Gasteiger partial charge in [0.15, 0.2) is 25.6 Å². The van der Waals surface area contributed by atoms with Gasteiger partial charge in [-0.1, -0.05) is 0 Å². The van der Waals surface area contributed by atoms with Gasteiger partial charge in [0.1, 0.15) is 13.5 Å². The summed E-state index contributed by atoms with van der Waals surface area (Å²) in [6, 6.07) is 0. The average molecular weight is 472 g/mol. The molecule has 0 aromatic heterocycles. The Kier molecular flexibility index (Phi) is 15.8. The quantitative estimate of drug-likeness (QED) is 0.303. The van der Waals surface area contributed by atoms with Crippen LogP contribution in [0.5, 0.6) is 0 Å². The van der Waals surface area contributed by atoms with E-state index in [1.165, 1.54) is 0 Å². The largest absolute Gasteiger partial charge is 0.417 e. The lowest BCUT2D eigenvalue weighted by Gasteiger charge is -2.25. The van der Waals surface area contributed by atoms with E-state index in [2.05, 4.69) is 9.47 Å². The summed E-state index contributed by atoms with van der Waals surface area (Å²) < 4.78 is 171. The molecule has 0 saturated heterocycles. The molecule has 0 aromatic carbocycles. The highest BCUT2D eigenvalue weighted by Gasteiger charge is 2.48. The normalized spacial score (nSPS) is 14.9. The Labute approximate surface area is 156 Å². The predicted octanol–water partition coefficient (Wildman–Crippen LogP) is 6.00. The topological polar surface area (TPSA) is 18.5 Å². The first kappa shape index (κ1) is 32.6. The molecule has 2 atom stereocenters. The van der Waals surface area contributed by atoms with Crippen LogP contribution in [-0.2, 0) is 9.47 Å². The van der Waals surface area contributed by atoms with Crippen molar-refractivity contribution in [3.63, 3.8) is 0 Å². The summed E-state index contributed by atoms with van der Waals surface area (Å²) >= 11 is 0. The van der Waals surface area contributed by atoms with Crippen LogP contribution in [0.2, 0.25) is 0 Å². The SMILES string of the molecule is CC(F)(F)CF.CF.FCC(OCOC(CC(F)(F)CF)C(F)(F)F)C(F)(F)F. The third-order valence-electron chi connectivity index (χ3n) is 2.32. The molecule has 0 aromatic rings. The molecule has 0 rings (SSSR count). The smallest absolute Gasteiger partial charge is 0.342 e. The molecular formula is C13H18F14O2. The molecule has 0 saturated carbocycles. The van der Waals surface area contributed by atoms with Crippen LogP contribution in [0.4, 0.5) is 61.5 Å². The van der Waals surface area contributed by atoms with Gasteiger partial charge in [0.25, 0.3) is 11.8 Å². The molecule has 0 fully saturated rings. The van der Waals surface area contributed by atoms with E-state index in [0.717, 1.165) is 0 Å². The van der Waals surface area contributed by atoms with E-state index in [4.69, 9.17) is 0 Å². The minimum Gasteiger partial charge on any atom is -0.342 e. The molecule has 0 spiro atoms. The second kappa shape index (κ2) is 14.0. The summed E-state index contributed by atoms with van der Waals surface area (Å²) in [5.41, 5.74) is 0. The molecule has 0 aliphatic rings. The van der Waals surface area contributed by atoms with Crippen LogP contribution in [0.1, 0.15) is 13.3 Å². The first-order chi connectivity index (χ1) is 12.9. The molecule has 0 amide bonds. The molecule has 0 aliphatic carbocycles. The Bertz CT molecular complexity index is 390. The second-order valence-corrected chi connectivity index (χ2v) is 5.06. The van der Waals surface area contributed by atoms with E-state index >= 15 is 0 Å². The fourth-order valence-corrected chi connectivity index (χ4v) is 1.03. The summed E-state index contributed by atoms with van der Waals surface area (Å²) in [5, 5.41) is 0. The van der Waals surface area contributed by atoms with Gasteiger partial charge in [-0.25, -0.2) is 30.7 Å². The summed E-state index contributed by atoms with van der Waals surface area (Å²) in [5.74, 6) is -7.50. The van der Waals surface area contributed by atoms with Crippen LogP contribution in [0.25, 0.3) is 0 Å². The summed E-state index contributed by atoms with van der Waals surface area (Å²) in [6.07, 6.45) is -19.0. The zero-order valence-electron chi connectivity index (χ0n) is 14.8. The second-order valence-electron chi connectivity index (χ2n) is 5.06. The molecule has 0 aliphatic heterocycles. The number of ether oxygens (including phenoxy) is 2. The van der Waals surface area contributed by atoms with Gasteiger partial charge in [-0.2, -0.15) is 26.3 Å². The van der Waals surface area contributed by atoms with Crippen LogP contribution in [0.15, 0.2) is 0 Å². The maximum atomic E-state index is 12.5. The van der Waals surface area contributed by atoms with E-state index in [-0.39, 0.29) is 0 Å². The van der Waals surface area contributed by atoms with Crippen molar-refractivity contribution in [1.82, 2.24) is 0 Å². The highest BCUT2D eigenvalue weighted by atomic mass is 19.4. The van der Waals surface area contributed by atoms with E-state index in [0.29, 0.717) is 14.1 Å². The van der Waals surface area contributed by atoms with Gasteiger partial charge < -0.3 is 9.47 Å². The number of hydrogen-bond donors (Lipinski definition) is 0. The maximum Gasteiger partial charge on any atom is 0.417 e. The Hall–Kier alpha value is -1.06. The van der Waals surface area contributed by atoms with Gasteiger partial charge in [-0.05, 0) is 0 Å². The zero-order chi connectivity index (χ0) is 24.1. The van der Waals surface area contributed by atoms with E-state index in [9.17, 15) is 61.5 Å². The van der Waals surface area contributed by atoms with Crippen molar-refractivity contribution in [2.45, 2.75) is 49.8 Å². The first-order valence-electron chi connectivity index (χ1n) is 7.07. The van der Waals surface area contributed by atoms with Crippen molar-refractivity contribution < 1.29 is 70.9 Å². The molecule has 0 N–H and O–H groups in total. The first-order valence-corrected chi connectivity index (χ1v) is 7.07. The van der Waals surface area contributed by atoms with Gasteiger partial charge in [0.2, 0.25) is 0 Å². The Morgan fingerprint density at radius 1 is 0.655 bits per heavy atom. The van der Waals surface area contributed by atoms with Gasteiger partial charge in [0.05, 0.1) is 7.18 Å². The van der Waals surface area contributed by atoms with Crippen molar-refractivity contribution in [1.29, 1.82) is 0 Å². The minimum absolute atomic E-state index is 0.500. The molecular weight excluding hydrogens is 454 g/mol. The van der Waals surface area contributed by atoms with E-state index < -0.39 is 69.6 Å². The molecule has 0 heterocycles. The number of hydrogen-bond acceptors (Lipinski definition) is 2. The minimum atomic E-state index is -5.38. The number of halogens is 14. The average Bonchev–Trinajstić information content (AvgIpc) is 2.57. The van der Waals surface area contributed by atoms with Gasteiger partial charge in [-0.15, -0.1) is 0 Å². The summed E-state index contributed by atoms with van der Waals surface area (Å²) in [4.78, 5) is 0. The lowest BCUT2D eigenvalue weighted by Crippen LogP contribution is -2.40. The standard InChI is InChI=1S/C9H10F10O2.C3H5F3.CH3F/c10-2-6(9(17,18)19)21-4-20-5(8(14,15)16)1-7(12,13)3-11;1-3(5,6)2-4;1-2/h5-6H,1-4H2;2H2,1H3;1H3. The third kappa shape index (κ3) is 18.7. The van der Waals surface area contributed by atoms with Crippen LogP contribution in [-0.4, -0.2) is 70.4 Å². The molecule has 16 heteroatoms. The van der Waals surface area contributed by atoms with Crippen molar-refractivity contribution >= 4 is 0 Å². The van der Waals surface area contributed by atoms with Crippen LogP contribution in [0.3, 0.4) is 0 Å². The van der Waals surface area contributed by atoms with Crippen molar-refractivity contribution in [2.24, 2.45) is 0 Å². The Morgan fingerprint density at radius 2 is 1.00 bits per heavy atom. The van der Waals surface area contributed by atoms with Crippen molar-refractivity contribution in [2.75, 3.05) is 34.0 Å². The number of alkyl halides is 14. The van der Waals surface area contributed by atoms with Crippen LogP contribution in [0, 0.1) is 0 Å². The molecule has 29 heavy (non-hydrogen) atoms. The highest BCUT2D eigenvalue weighted by molar-refractivity contribution is 4.77. The third-order valence-corrected chi connectivity index (χ3v) is 2.32. The van der Waals surface area contributed by atoms with Gasteiger partial charge in [-0.3, -0.25) is 4.39 Å². The summed E-state index contributed by atoms with van der Waals surface area (Å²) in [6.45, 7) is -7.26. The fraction of sp³-hybridized carbons (Fsp3) is 1.00. The molecule has 180 valence electrons. The van der Waals surface area contributed by atoms with Gasteiger partial charge >= 0.3 is 12.4 Å². The van der Waals surface area contributed by atoms with Crippen molar-refractivity contribution in [3.8, 4) is 0 Å². The molecule has 0 bridgehead atoms. The maximum absolute atomic E-state index is 12.5. The van der Waals surface area contributed by atoms with Crippen LogP contribution < -0.4 is 0 Å². The van der Waals surface area contributed by atoms with E-state index in [1.807, 2.05) is 0 Å². The molecule has 2 unspecified atom stereocenters. The monoisotopic (exact) mass is 472 g/mol. The van der Waals surface area contributed by atoms with E-state index in [1.54, 1.807) is 0 Å². The highest BCUT2D eigenvalue weighted by Crippen LogP contribution is 2.32. The lowest BCUT2D eigenvalue weighted by atomic mass is 10.1. The van der Waals surface area contributed by atoms with Gasteiger partial charge in [0, 0.05) is 13.3 Å². The lowest BCUT2D eigenvalue weighted by molar-refractivity contribution is -0.288. The summed E-state index contributed by atoms with van der Waals surface area (Å²) in [7, 11) is 0.500. The molecule has 2 nitrogen and oxygen atoms in total. The van der Waals surface area contributed by atoms with Crippen LogP contribution >= 0.6 is 0 Å².